The molecule has 1 aliphatic rings. The van der Waals surface area contributed by atoms with Crippen molar-refractivity contribution in [2.45, 2.75) is 71.1 Å². The van der Waals surface area contributed by atoms with Gasteiger partial charge in [-0.2, -0.15) is 5.10 Å². The Morgan fingerprint density at radius 3 is 2.81 bits per heavy atom. The molecule has 1 N–H and O–H groups in total. The zero-order chi connectivity index (χ0) is 15.6. The minimum absolute atomic E-state index is 0.0889. The van der Waals surface area contributed by atoms with E-state index in [4.69, 9.17) is 0 Å². The molecular weight excluding hydrogens is 262 g/mol. The van der Waals surface area contributed by atoms with Crippen LogP contribution in [0, 0.1) is 12.8 Å². The van der Waals surface area contributed by atoms with Gasteiger partial charge in [0.15, 0.2) is 0 Å². The van der Waals surface area contributed by atoms with Gasteiger partial charge in [0.25, 0.3) is 0 Å². The number of aliphatic hydroxyl groups excluding tert-OH is 1. The lowest BCUT2D eigenvalue weighted by Crippen LogP contribution is -2.56. The van der Waals surface area contributed by atoms with Crippen molar-refractivity contribution in [1.82, 2.24) is 14.7 Å². The quantitative estimate of drug-likeness (QED) is 0.907. The zero-order valence-electron chi connectivity index (χ0n) is 14.3. The highest BCUT2D eigenvalue weighted by Gasteiger charge is 2.43. The molecule has 21 heavy (non-hydrogen) atoms. The van der Waals surface area contributed by atoms with Crippen LogP contribution in [0.5, 0.6) is 0 Å². The Labute approximate surface area is 129 Å². The van der Waals surface area contributed by atoms with Crippen LogP contribution in [-0.2, 0) is 13.0 Å². The number of likely N-dealkylation sites (N-methyl/N-ethyl adjacent to an activating group) is 1. The lowest BCUT2D eigenvalue weighted by Gasteiger charge is -2.48. The molecule has 0 bridgehead atoms. The van der Waals surface area contributed by atoms with Gasteiger partial charge in [0.05, 0.1) is 11.8 Å². The molecule has 4 heteroatoms. The fourth-order valence-electron chi connectivity index (χ4n) is 4.00. The summed E-state index contributed by atoms with van der Waals surface area (Å²) in [4.78, 5) is 2.26. The minimum Gasteiger partial charge on any atom is -0.391 e. The van der Waals surface area contributed by atoms with E-state index in [1.165, 1.54) is 12.8 Å². The van der Waals surface area contributed by atoms with Gasteiger partial charge in [-0.3, -0.25) is 4.68 Å². The van der Waals surface area contributed by atoms with Crippen LogP contribution in [0.3, 0.4) is 0 Å². The molecule has 1 aliphatic carbocycles. The van der Waals surface area contributed by atoms with Gasteiger partial charge < -0.3 is 10.0 Å². The van der Waals surface area contributed by atoms with Crippen LogP contribution in [0.1, 0.15) is 50.9 Å². The normalized spacial score (nSPS) is 28.0. The Morgan fingerprint density at radius 1 is 1.52 bits per heavy atom. The van der Waals surface area contributed by atoms with E-state index in [0.29, 0.717) is 12.3 Å². The summed E-state index contributed by atoms with van der Waals surface area (Å²) < 4.78 is 2.02. The first-order chi connectivity index (χ1) is 9.89. The number of hydrogen-bond donors (Lipinski definition) is 1. The van der Waals surface area contributed by atoms with Crippen LogP contribution < -0.4 is 0 Å². The summed E-state index contributed by atoms with van der Waals surface area (Å²) >= 11 is 0. The van der Waals surface area contributed by atoms with Crippen molar-refractivity contribution >= 4 is 0 Å². The lowest BCUT2D eigenvalue weighted by atomic mass is 9.71. The minimum atomic E-state index is -0.336. The van der Waals surface area contributed by atoms with Crippen LogP contribution in [0.4, 0.5) is 0 Å². The van der Waals surface area contributed by atoms with Gasteiger partial charge in [-0.1, -0.05) is 19.8 Å². The number of rotatable bonds is 5. The molecule has 1 aromatic heterocycles. The third kappa shape index (κ3) is 3.32. The molecule has 1 aromatic rings. The molecule has 0 aromatic carbocycles. The summed E-state index contributed by atoms with van der Waals surface area (Å²) in [7, 11) is 4.23. The molecule has 0 radical (unpaired) electrons. The number of aryl methyl sites for hydroxylation is 2. The number of aromatic nitrogens is 2. The van der Waals surface area contributed by atoms with E-state index < -0.39 is 0 Å². The van der Waals surface area contributed by atoms with Crippen LogP contribution in [-0.4, -0.2) is 45.5 Å². The third-order valence-corrected chi connectivity index (χ3v) is 5.21. The summed E-state index contributed by atoms with van der Waals surface area (Å²) in [6.07, 6.45) is 5.03. The van der Waals surface area contributed by atoms with Crippen molar-refractivity contribution < 1.29 is 5.11 Å². The molecule has 3 atom stereocenters. The second kappa shape index (κ2) is 6.49. The van der Waals surface area contributed by atoms with Crippen molar-refractivity contribution in [3.05, 3.63) is 17.5 Å². The third-order valence-electron chi connectivity index (χ3n) is 5.21. The largest absolute Gasteiger partial charge is 0.391 e. The molecular formula is C17H31N3O. The second-order valence-electron chi connectivity index (χ2n) is 7.01. The van der Waals surface area contributed by atoms with Crippen molar-refractivity contribution in [2.75, 3.05) is 14.1 Å². The zero-order valence-corrected chi connectivity index (χ0v) is 14.3. The highest BCUT2D eigenvalue weighted by atomic mass is 16.3. The Kier molecular flexibility index (Phi) is 5.10. The maximum absolute atomic E-state index is 11.0. The number of aliphatic hydroxyl groups is 1. The Balaban J connectivity index is 2.20. The molecule has 2 rings (SSSR count). The predicted octanol–water partition coefficient (Wildman–Crippen LogP) is 2.63. The molecule has 3 unspecified atom stereocenters. The van der Waals surface area contributed by atoms with E-state index in [0.717, 1.165) is 30.8 Å². The van der Waals surface area contributed by atoms with Crippen LogP contribution in [0.2, 0.25) is 0 Å². The average molecular weight is 293 g/mol. The van der Waals surface area contributed by atoms with E-state index >= 15 is 0 Å². The molecule has 0 aliphatic heterocycles. The van der Waals surface area contributed by atoms with Crippen molar-refractivity contribution in [3.63, 3.8) is 0 Å². The fourth-order valence-corrected chi connectivity index (χ4v) is 4.00. The summed E-state index contributed by atoms with van der Waals surface area (Å²) in [5, 5.41) is 15.5. The van der Waals surface area contributed by atoms with Gasteiger partial charge in [0.2, 0.25) is 0 Å². The summed E-state index contributed by atoms with van der Waals surface area (Å²) in [5.74, 6) is 0.689. The Bertz CT molecular complexity index is 469. The van der Waals surface area contributed by atoms with Gasteiger partial charge in [-0.15, -0.1) is 0 Å². The van der Waals surface area contributed by atoms with E-state index in [2.05, 4.69) is 44.0 Å². The Morgan fingerprint density at radius 2 is 2.24 bits per heavy atom. The van der Waals surface area contributed by atoms with Gasteiger partial charge >= 0.3 is 0 Å². The van der Waals surface area contributed by atoms with Crippen molar-refractivity contribution in [2.24, 2.45) is 5.92 Å². The first kappa shape index (κ1) is 16.5. The maximum atomic E-state index is 11.0. The molecule has 0 spiro atoms. The highest BCUT2D eigenvalue weighted by molar-refractivity contribution is 5.12. The number of nitrogens with zero attached hydrogens (tertiary/aromatic N) is 3. The van der Waals surface area contributed by atoms with Gasteiger partial charge in [0, 0.05) is 24.2 Å². The molecule has 1 heterocycles. The molecule has 4 nitrogen and oxygen atoms in total. The van der Waals surface area contributed by atoms with E-state index in [1.54, 1.807) is 0 Å². The number of hydrogen-bond acceptors (Lipinski definition) is 3. The molecule has 120 valence electrons. The molecule has 0 saturated heterocycles. The SMILES string of the molecule is CCn1nc(C)cc1CC(O)C1(N(C)C)CCCC(C)C1. The van der Waals surface area contributed by atoms with Crippen LogP contribution in [0.25, 0.3) is 0 Å². The first-order valence-electron chi connectivity index (χ1n) is 8.28. The monoisotopic (exact) mass is 293 g/mol. The standard InChI is InChI=1S/C17H31N3O/c1-6-20-15(10-14(3)18-20)11-16(21)17(19(4)5)9-7-8-13(2)12-17/h10,13,16,21H,6-9,11-12H2,1-5H3. The van der Waals surface area contributed by atoms with E-state index in [1.807, 2.05) is 11.6 Å². The van der Waals surface area contributed by atoms with Crippen LogP contribution >= 0.6 is 0 Å². The lowest BCUT2D eigenvalue weighted by molar-refractivity contribution is -0.0432. The summed E-state index contributed by atoms with van der Waals surface area (Å²) in [6, 6.07) is 2.11. The maximum Gasteiger partial charge on any atom is 0.0778 e. The van der Waals surface area contributed by atoms with E-state index in [9.17, 15) is 5.11 Å². The molecule has 1 fully saturated rings. The Hall–Kier alpha value is -0.870. The summed E-state index contributed by atoms with van der Waals surface area (Å²) in [6.45, 7) is 7.30. The highest BCUT2D eigenvalue weighted by Crippen LogP contribution is 2.39. The molecule has 0 amide bonds. The second-order valence-corrected chi connectivity index (χ2v) is 7.01. The van der Waals surface area contributed by atoms with E-state index in [-0.39, 0.29) is 11.6 Å². The van der Waals surface area contributed by atoms with Gasteiger partial charge in [0.1, 0.15) is 0 Å². The van der Waals surface area contributed by atoms with Gasteiger partial charge in [-0.25, -0.2) is 0 Å². The van der Waals surface area contributed by atoms with Crippen LogP contribution in [0.15, 0.2) is 6.07 Å². The van der Waals surface area contributed by atoms with Crippen molar-refractivity contribution in [1.29, 1.82) is 0 Å². The fraction of sp³-hybridized carbons (Fsp3) is 0.824. The smallest absolute Gasteiger partial charge is 0.0778 e. The molecule has 1 saturated carbocycles. The van der Waals surface area contributed by atoms with Crippen molar-refractivity contribution in [3.8, 4) is 0 Å². The summed E-state index contributed by atoms with van der Waals surface area (Å²) in [5.41, 5.74) is 2.10. The topological polar surface area (TPSA) is 41.3 Å². The average Bonchev–Trinajstić information content (AvgIpc) is 2.78. The van der Waals surface area contributed by atoms with Gasteiger partial charge in [-0.05, 0) is 52.8 Å². The predicted molar refractivity (Wildman–Crippen MR) is 86.4 cm³/mol. The first-order valence-corrected chi connectivity index (χ1v) is 8.28.